The number of piperidine rings is 1. The summed E-state index contributed by atoms with van der Waals surface area (Å²) in [6.07, 6.45) is 4.32. The topological polar surface area (TPSA) is 58.4 Å². The van der Waals surface area contributed by atoms with E-state index in [4.69, 9.17) is 5.73 Å². The van der Waals surface area contributed by atoms with Gasteiger partial charge in [0.2, 0.25) is 5.91 Å². The first-order chi connectivity index (χ1) is 6.77. The second-order valence-corrected chi connectivity index (χ2v) is 4.34. The highest BCUT2D eigenvalue weighted by Crippen LogP contribution is 2.13. The summed E-state index contributed by atoms with van der Waals surface area (Å²) in [6.45, 7) is 2.57. The Kier molecular flexibility index (Phi) is 3.03. The predicted octanol–water partition coefficient (Wildman–Crippen LogP) is -0.312. The molecule has 2 aliphatic rings. The molecule has 3 N–H and O–H groups in total. The van der Waals surface area contributed by atoms with Crippen LogP contribution in [-0.4, -0.2) is 42.5 Å². The molecule has 2 rings (SSSR count). The Labute approximate surface area is 84.8 Å². The van der Waals surface area contributed by atoms with Crippen molar-refractivity contribution in [1.82, 2.24) is 10.2 Å². The normalized spacial score (nSPS) is 33.4. The lowest BCUT2D eigenvalue weighted by Crippen LogP contribution is -2.48. The molecule has 2 heterocycles. The summed E-state index contributed by atoms with van der Waals surface area (Å²) in [5.41, 5.74) is 5.78. The van der Waals surface area contributed by atoms with Gasteiger partial charge >= 0.3 is 0 Å². The molecule has 1 amide bonds. The van der Waals surface area contributed by atoms with Crippen molar-refractivity contribution in [2.45, 2.75) is 37.8 Å². The van der Waals surface area contributed by atoms with E-state index < -0.39 is 0 Å². The summed E-state index contributed by atoms with van der Waals surface area (Å²) < 4.78 is 0. The number of hydrogen-bond donors (Lipinski definition) is 2. The average Bonchev–Trinajstić information content (AvgIpc) is 2.65. The standard InChI is InChI=1S/C10H19N3O/c11-8-4-6-13(7-8)10(14)9-3-1-2-5-12-9/h8-9,12H,1-7,11H2/t8-,9+/m0/s1. The molecule has 2 aliphatic heterocycles. The SMILES string of the molecule is N[C@H]1CCN(C(=O)[C@H]2CCCCN2)C1. The maximum atomic E-state index is 12.0. The molecule has 0 spiro atoms. The molecule has 0 aromatic heterocycles. The van der Waals surface area contributed by atoms with Crippen LogP contribution in [0.4, 0.5) is 0 Å². The van der Waals surface area contributed by atoms with Crippen molar-refractivity contribution in [2.24, 2.45) is 5.73 Å². The first-order valence-electron chi connectivity index (χ1n) is 5.55. The van der Waals surface area contributed by atoms with Gasteiger partial charge in [0.15, 0.2) is 0 Å². The Morgan fingerprint density at radius 3 is 2.79 bits per heavy atom. The van der Waals surface area contributed by atoms with Gasteiger partial charge in [-0.15, -0.1) is 0 Å². The number of hydrogen-bond acceptors (Lipinski definition) is 3. The number of carbonyl (C=O) groups is 1. The minimum Gasteiger partial charge on any atom is -0.340 e. The first-order valence-corrected chi connectivity index (χ1v) is 5.55. The Morgan fingerprint density at radius 2 is 2.21 bits per heavy atom. The van der Waals surface area contributed by atoms with Crippen molar-refractivity contribution >= 4 is 5.91 Å². The zero-order chi connectivity index (χ0) is 9.97. The molecule has 0 saturated carbocycles. The number of nitrogens with two attached hydrogens (primary N) is 1. The highest BCUT2D eigenvalue weighted by atomic mass is 16.2. The zero-order valence-corrected chi connectivity index (χ0v) is 8.54. The van der Waals surface area contributed by atoms with Crippen LogP contribution in [0.15, 0.2) is 0 Å². The van der Waals surface area contributed by atoms with Crippen LogP contribution in [0.1, 0.15) is 25.7 Å². The van der Waals surface area contributed by atoms with Crippen molar-refractivity contribution in [3.8, 4) is 0 Å². The number of nitrogens with zero attached hydrogens (tertiary/aromatic N) is 1. The van der Waals surface area contributed by atoms with Crippen LogP contribution in [0.5, 0.6) is 0 Å². The number of rotatable bonds is 1. The third-order valence-electron chi connectivity index (χ3n) is 3.14. The molecule has 2 saturated heterocycles. The van der Waals surface area contributed by atoms with Crippen LogP contribution in [0.25, 0.3) is 0 Å². The van der Waals surface area contributed by atoms with Crippen molar-refractivity contribution in [3.05, 3.63) is 0 Å². The summed E-state index contributed by atoms with van der Waals surface area (Å²) in [7, 11) is 0. The van der Waals surface area contributed by atoms with E-state index in [0.29, 0.717) is 0 Å². The van der Waals surface area contributed by atoms with Gasteiger partial charge in [0.1, 0.15) is 0 Å². The Morgan fingerprint density at radius 1 is 1.36 bits per heavy atom. The minimum atomic E-state index is 0.0639. The second kappa shape index (κ2) is 4.28. The van der Waals surface area contributed by atoms with Gasteiger partial charge in [0.25, 0.3) is 0 Å². The van der Waals surface area contributed by atoms with E-state index in [0.717, 1.165) is 32.5 Å². The Bertz CT molecular complexity index is 207. The fourth-order valence-corrected chi connectivity index (χ4v) is 2.27. The molecule has 2 atom stereocenters. The van der Waals surface area contributed by atoms with Crippen molar-refractivity contribution < 1.29 is 4.79 Å². The van der Waals surface area contributed by atoms with Crippen LogP contribution in [0.2, 0.25) is 0 Å². The monoisotopic (exact) mass is 197 g/mol. The van der Waals surface area contributed by atoms with Gasteiger partial charge in [0, 0.05) is 19.1 Å². The molecular formula is C10H19N3O. The van der Waals surface area contributed by atoms with Gasteiger partial charge in [-0.3, -0.25) is 4.79 Å². The number of carbonyl (C=O) groups excluding carboxylic acids is 1. The van der Waals surface area contributed by atoms with E-state index in [1.165, 1.54) is 12.8 Å². The zero-order valence-electron chi connectivity index (χ0n) is 8.54. The second-order valence-electron chi connectivity index (χ2n) is 4.34. The van der Waals surface area contributed by atoms with Crippen LogP contribution < -0.4 is 11.1 Å². The van der Waals surface area contributed by atoms with Crippen LogP contribution in [0, 0.1) is 0 Å². The van der Waals surface area contributed by atoms with Gasteiger partial charge < -0.3 is 16.0 Å². The predicted molar refractivity (Wildman–Crippen MR) is 54.8 cm³/mol. The van der Waals surface area contributed by atoms with Crippen LogP contribution in [-0.2, 0) is 4.79 Å². The first kappa shape index (κ1) is 9.93. The van der Waals surface area contributed by atoms with Gasteiger partial charge in [-0.25, -0.2) is 0 Å². The van der Waals surface area contributed by atoms with Crippen LogP contribution >= 0.6 is 0 Å². The number of likely N-dealkylation sites (tertiary alicyclic amines) is 1. The van der Waals surface area contributed by atoms with E-state index in [2.05, 4.69) is 5.32 Å². The molecular weight excluding hydrogens is 178 g/mol. The lowest BCUT2D eigenvalue weighted by atomic mass is 10.0. The van der Waals surface area contributed by atoms with Gasteiger partial charge in [0.05, 0.1) is 6.04 Å². The van der Waals surface area contributed by atoms with Crippen molar-refractivity contribution in [3.63, 3.8) is 0 Å². The van der Waals surface area contributed by atoms with Gasteiger partial charge in [-0.2, -0.15) is 0 Å². The smallest absolute Gasteiger partial charge is 0.239 e. The van der Waals surface area contributed by atoms with E-state index in [-0.39, 0.29) is 18.0 Å². The minimum absolute atomic E-state index is 0.0639. The molecule has 0 aromatic carbocycles. The third kappa shape index (κ3) is 2.07. The highest BCUT2D eigenvalue weighted by molar-refractivity contribution is 5.82. The number of nitrogens with one attached hydrogen (secondary N) is 1. The van der Waals surface area contributed by atoms with Crippen molar-refractivity contribution in [2.75, 3.05) is 19.6 Å². The molecule has 14 heavy (non-hydrogen) atoms. The molecule has 0 radical (unpaired) electrons. The third-order valence-corrected chi connectivity index (χ3v) is 3.14. The summed E-state index contributed by atoms with van der Waals surface area (Å²) in [6, 6.07) is 0.261. The van der Waals surface area contributed by atoms with E-state index >= 15 is 0 Å². The van der Waals surface area contributed by atoms with Crippen molar-refractivity contribution in [1.29, 1.82) is 0 Å². The van der Waals surface area contributed by atoms with Crippen LogP contribution in [0.3, 0.4) is 0 Å². The Hall–Kier alpha value is -0.610. The lowest BCUT2D eigenvalue weighted by molar-refractivity contribution is -0.133. The molecule has 0 aliphatic carbocycles. The Balaban J connectivity index is 1.87. The summed E-state index contributed by atoms with van der Waals surface area (Å²) in [4.78, 5) is 13.9. The van der Waals surface area contributed by atoms with Gasteiger partial charge in [-0.1, -0.05) is 6.42 Å². The molecule has 0 bridgehead atoms. The maximum absolute atomic E-state index is 12.0. The summed E-state index contributed by atoms with van der Waals surface area (Å²) >= 11 is 0. The molecule has 4 heteroatoms. The van der Waals surface area contributed by atoms with E-state index in [1.807, 2.05) is 4.90 Å². The fourth-order valence-electron chi connectivity index (χ4n) is 2.27. The molecule has 2 fully saturated rings. The summed E-state index contributed by atoms with van der Waals surface area (Å²) in [5, 5.41) is 3.28. The quantitative estimate of drug-likeness (QED) is 0.606. The highest BCUT2D eigenvalue weighted by Gasteiger charge is 2.29. The van der Waals surface area contributed by atoms with E-state index in [1.54, 1.807) is 0 Å². The molecule has 80 valence electrons. The largest absolute Gasteiger partial charge is 0.340 e. The average molecular weight is 197 g/mol. The molecule has 0 aromatic rings. The molecule has 0 unspecified atom stereocenters. The summed E-state index contributed by atoms with van der Waals surface area (Å²) in [5.74, 6) is 0.262. The number of amides is 1. The fraction of sp³-hybridized carbons (Fsp3) is 0.900. The van der Waals surface area contributed by atoms with E-state index in [9.17, 15) is 4.79 Å². The van der Waals surface area contributed by atoms with Gasteiger partial charge in [-0.05, 0) is 25.8 Å². The maximum Gasteiger partial charge on any atom is 0.239 e. The molecule has 4 nitrogen and oxygen atoms in total. The lowest BCUT2D eigenvalue weighted by Gasteiger charge is -2.27.